The van der Waals surface area contributed by atoms with E-state index in [9.17, 15) is 13.2 Å². The Morgan fingerprint density at radius 3 is 2.56 bits per heavy atom. The minimum atomic E-state index is -3.60. The average Bonchev–Trinajstić information content (AvgIpc) is 3.02. The van der Waals surface area contributed by atoms with Gasteiger partial charge in [0, 0.05) is 5.56 Å². The fourth-order valence-electron chi connectivity index (χ4n) is 2.19. The van der Waals surface area contributed by atoms with E-state index in [0.717, 1.165) is 5.56 Å². The summed E-state index contributed by atoms with van der Waals surface area (Å²) in [5.41, 5.74) is 1.38. The van der Waals surface area contributed by atoms with Crippen molar-refractivity contribution >= 4 is 21.8 Å². The lowest BCUT2D eigenvalue weighted by Gasteiger charge is -2.02. The number of nitrogens with zero attached hydrogens (tertiary/aromatic N) is 2. The first kappa shape index (κ1) is 16.8. The topological polar surface area (TPSA) is 102 Å². The minimum Gasteiger partial charge on any atom is -0.407 e. The van der Waals surface area contributed by atoms with E-state index in [0.29, 0.717) is 5.56 Å². The second-order valence-electron chi connectivity index (χ2n) is 5.40. The molecule has 0 unspecified atom stereocenters. The average molecular weight is 357 g/mol. The van der Waals surface area contributed by atoms with Gasteiger partial charge in [-0.15, -0.1) is 5.10 Å². The van der Waals surface area contributed by atoms with Crippen LogP contribution in [0.5, 0.6) is 0 Å². The van der Waals surface area contributed by atoms with Gasteiger partial charge >= 0.3 is 6.01 Å². The van der Waals surface area contributed by atoms with Gasteiger partial charge in [0.2, 0.25) is 5.89 Å². The van der Waals surface area contributed by atoms with Gasteiger partial charge in [0.15, 0.2) is 9.84 Å². The minimum absolute atomic E-state index is 0.0941. The van der Waals surface area contributed by atoms with Crippen LogP contribution >= 0.6 is 0 Å². The van der Waals surface area contributed by atoms with Crippen LogP contribution in [-0.4, -0.2) is 24.5 Å². The molecule has 2 aromatic carbocycles. The smallest absolute Gasteiger partial charge is 0.322 e. The predicted octanol–water partition coefficient (Wildman–Crippen LogP) is 2.60. The summed E-state index contributed by atoms with van der Waals surface area (Å²) < 4.78 is 29.8. The molecule has 0 radical (unpaired) electrons. The van der Waals surface area contributed by atoms with Crippen LogP contribution in [0.3, 0.4) is 0 Å². The second-order valence-corrected chi connectivity index (χ2v) is 7.39. The lowest BCUT2D eigenvalue weighted by Crippen LogP contribution is -2.12. The number of benzene rings is 2. The Morgan fingerprint density at radius 1 is 1.08 bits per heavy atom. The Labute approximate surface area is 144 Å². The Hall–Kier alpha value is -3.00. The molecule has 7 nitrogen and oxygen atoms in total. The zero-order chi connectivity index (χ0) is 17.9. The number of hydrogen-bond acceptors (Lipinski definition) is 6. The van der Waals surface area contributed by atoms with Gasteiger partial charge in [-0.05, 0) is 31.2 Å². The number of hydrogen-bond donors (Lipinski definition) is 1. The van der Waals surface area contributed by atoms with Gasteiger partial charge in [0.05, 0.1) is 4.90 Å². The molecule has 25 heavy (non-hydrogen) atoms. The highest BCUT2D eigenvalue weighted by Gasteiger charge is 2.20. The Bertz CT molecular complexity index is 997. The molecule has 0 atom stereocenters. The van der Waals surface area contributed by atoms with E-state index in [2.05, 4.69) is 15.5 Å². The lowest BCUT2D eigenvalue weighted by atomic mass is 10.1. The maximum absolute atomic E-state index is 12.3. The third-order valence-corrected chi connectivity index (χ3v) is 5.00. The van der Waals surface area contributed by atoms with Crippen molar-refractivity contribution in [3.05, 3.63) is 71.6 Å². The number of carbonyl (C=O) groups excluding carboxylic acids is 1. The number of anilines is 1. The van der Waals surface area contributed by atoms with Crippen LogP contribution in [0.25, 0.3) is 0 Å². The van der Waals surface area contributed by atoms with Crippen LogP contribution < -0.4 is 5.32 Å². The van der Waals surface area contributed by atoms with Crippen molar-refractivity contribution < 1.29 is 17.6 Å². The van der Waals surface area contributed by atoms with E-state index in [1.807, 2.05) is 13.0 Å². The van der Waals surface area contributed by atoms with Crippen LogP contribution in [0, 0.1) is 6.92 Å². The van der Waals surface area contributed by atoms with Crippen LogP contribution in [-0.2, 0) is 15.6 Å². The number of rotatable bonds is 5. The van der Waals surface area contributed by atoms with Gasteiger partial charge in [0.1, 0.15) is 5.75 Å². The zero-order valence-corrected chi connectivity index (χ0v) is 14.2. The van der Waals surface area contributed by atoms with Crippen molar-refractivity contribution in [3.8, 4) is 0 Å². The van der Waals surface area contributed by atoms with E-state index < -0.39 is 21.5 Å². The fraction of sp³-hybridized carbons (Fsp3) is 0.118. The van der Waals surface area contributed by atoms with Gasteiger partial charge in [-0.25, -0.2) is 8.42 Å². The van der Waals surface area contributed by atoms with Gasteiger partial charge < -0.3 is 4.42 Å². The molecule has 1 N–H and O–H groups in total. The molecular weight excluding hydrogens is 342 g/mol. The summed E-state index contributed by atoms with van der Waals surface area (Å²) in [6, 6.07) is 14.8. The Balaban J connectivity index is 1.72. The summed E-state index contributed by atoms with van der Waals surface area (Å²) >= 11 is 0. The summed E-state index contributed by atoms with van der Waals surface area (Å²) in [6.07, 6.45) is 0. The van der Waals surface area contributed by atoms with Gasteiger partial charge in [0.25, 0.3) is 5.91 Å². The molecule has 3 rings (SSSR count). The van der Waals surface area contributed by atoms with Crippen LogP contribution in [0.2, 0.25) is 0 Å². The molecule has 3 aromatic rings. The molecule has 1 heterocycles. The summed E-state index contributed by atoms with van der Waals surface area (Å²) in [6.45, 7) is 1.87. The largest absolute Gasteiger partial charge is 0.407 e. The quantitative estimate of drug-likeness (QED) is 0.753. The van der Waals surface area contributed by atoms with E-state index in [4.69, 9.17) is 4.42 Å². The highest BCUT2D eigenvalue weighted by molar-refractivity contribution is 7.90. The molecule has 1 amide bonds. The van der Waals surface area contributed by atoms with Crippen molar-refractivity contribution in [2.45, 2.75) is 17.6 Å². The number of sulfone groups is 1. The molecule has 0 fully saturated rings. The summed E-state index contributed by atoms with van der Waals surface area (Å²) in [5, 5.41) is 9.81. The molecule has 0 bridgehead atoms. The molecule has 0 aliphatic carbocycles. The summed E-state index contributed by atoms with van der Waals surface area (Å²) in [5.74, 6) is -0.946. The van der Waals surface area contributed by atoms with Crippen LogP contribution in [0.4, 0.5) is 6.01 Å². The normalized spacial score (nSPS) is 11.2. The molecule has 128 valence electrons. The summed E-state index contributed by atoms with van der Waals surface area (Å²) in [4.78, 5) is 12.3. The van der Waals surface area contributed by atoms with Crippen molar-refractivity contribution in [2.24, 2.45) is 0 Å². The van der Waals surface area contributed by atoms with E-state index in [-0.39, 0.29) is 16.8 Å². The second kappa shape index (κ2) is 6.86. The predicted molar refractivity (Wildman–Crippen MR) is 90.8 cm³/mol. The molecule has 0 saturated carbocycles. The van der Waals surface area contributed by atoms with Crippen molar-refractivity contribution in [1.82, 2.24) is 10.2 Å². The van der Waals surface area contributed by atoms with Crippen LogP contribution in [0.1, 0.15) is 21.8 Å². The molecular formula is C17H15N3O4S. The third-order valence-electron chi connectivity index (χ3n) is 3.38. The molecule has 1 aromatic heterocycles. The zero-order valence-electron chi connectivity index (χ0n) is 13.3. The number of nitrogens with one attached hydrogen (secondary N) is 1. The maximum atomic E-state index is 12.3. The third kappa shape index (κ3) is 4.10. The first-order chi connectivity index (χ1) is 11.9. The molecule has 8 heteroatoms. The van der Waals surface area contributed by atoms with Gasteiger partial charge in [-0.2, -0.15) is 0 Å². The first-order valence-electron chi connectivity index (χ1n) is 7.42. The van der Waals surface area contributed by atoms with Gasteiger partial charge in [-0.1, -0.05) is 41.0 Å². The Kier molecular flexibility index (Phi) is 4.62. The molecule has 0 saturated heterocycles. The van der Waals surface area contributed by atoms with Crippen molar-refractivity contribution in [2.75, 3.05) is 5.32 Å². The molecule has 0 aliphatic heterocycles. The lowest BCUT2D eigenvalue weighted by molar-refractivity contribution is 0.102. The molecule has 0 spiro atoms. The van der Waals surface area contributed by atoms with Crippen LogP contribution in [0.15, 0.2) is 63.9 Å². The standard InChI is InChI=1S/C17H15N3O4S/c1-12-6-5-7-13(10-12)16(21)18-17-20-19-15(24-17)11-25(22,23)14-8-3-2-4-9-14/h2-10H,11H2,1H3,(H,18,20,21). The number of aryl methyl sites for hydroxylation is 1. The fourth-order valence-corrected chi connectivity index (χ4v) is 3.37. The Morgan fingerprint density at radius 2 is 1.84 bits per heavy atom. The summed E-state index contributed by atoms with van der Waals surface area (Å²) in [7, 11) is -3.60. The monoisotopic (exact) mass is 357 g/mol. The first-order valence-corrected chi connectivity index (χ1v) is 9.07. The SMILES string of the molecule is Cc1cccc(C(=O)Nc2nnc(CS(=O)(=O)c3ccccc3)o2)c1. The number of aromatic nitrogens is 2. The number of carbonyl (C=O) groups is 1. The van der Waals surface area contributed by atoms with E-state index in [1.165, 1.54) is 12.1 Å². The number of amides is 1. The maximum Gasteiger partial charge on any atom is 0.322 e. The highest BCUT2D eigenvalue weighted by Crippen LogP contribution is 2.17. The van der Waals surface area contributed by atoms with E-state index >= 15 is 0 Å². The van der Waals surface area contributed by atoms with Crippen molar-refractivity contribution in [1.29, 1.82) is 0 Å². The van der Waals surface area contributed by atoms with Crippen molar-refractivity contribution in [3.63, 3.8) is 0 Å². The van der Waals surface area contributed by atoms with Gasteiger partial charge in [-0.3, -0.25) is 10.1 Å². The highest BCUT2D eigenvalue weighted by atomic mass is 32.2. The molecule has 0 aliphatic rings. The van der Waals surface area contributed by atoms with E-state index in [1.54, 1.807) is 36.4 Å².